The zero-order valence-corrected chi connectivity index (χ0v) is 29.3. The first kappa shape index (κ1) is 34.6. The Bertz CT molecular complexity index is 1890. The third-order valence-electron chi connectivity index (χ3n) is 9.22. The van der Waals surface area contributed by atoms with Gasteiger partial charge in [0.05, 0.1) is 36.7 Å². The summed E-state index contributed by atoms with van der Waals surface area (Å²) >= 11 is 0. The number of carbonyl (C=O) groups is 1. The summed E-state index contributed by atoms with van der Waals surface area (Å²) in [6.45, 7) is 13.5. The molecule has 3 aliphatic rings. The van der Waals surface area contributed by atoms with E-state index in [1.54, 1.807) is 0 Å². The van der Waals surface area contributed by atoms with E-state index in [-0.39, 0.29) is 17.5 Å². The number of piperidine rings is 1. The zero-order chi connectivity index (χ0) is 35.1. The van der Waals surface area contributed by atoms with Crippen LogP contribution in [0.3, 0.4) is 0 Å². The van der Waals surface area contributed by atoms with Crippen molar-refractivity contribution in [2.75, 3.05) is 31.7 Å². The minimum Gasteiger partial charge on any atom is -0.490 e. The van der Waals surface area contributed by atoms with Gasteiger partial charge < -0.3 is 23.8 Å². The number of pyridine rings is 1. The SMILES string of the molecule is COC(=O)C(OC(C)(C)C)c1c(C)cc2nc3cn2c1N1CCC(C)(CC1)OCC=CCC(C)Oc1cc(F)c(F)cc1-c1cccc-3c1. The number of imidazole rings is 1. The number of fused-ring (bicyclic) bond motifs is 7. The maximum atomic E-state index is 14.7. The van der Waals surface area contributed by atoms with E-state index in [2.05, 4.69) is 11.8 Å². The van der Waals surface area contributed by atoms with Gasteiger partial charge in [0, 0.05) is 48.5 Å². The Morgan fingerprint density at radius 1 is 1.06 bits per heavy atom. The minimum absolute atomic E-state index is 0.255. The third-order valence-corrected chi connectivity index (χ3v) is 9.22. The van der Waals surface area contributed by atoms with Crippen molar-refractivity contribution in [3.8, 4) is 28.1 Å². The second-order valence-electron chi connectivity index (χ2n) is 14.3. The number of methoxy groups -OCH3 is 1. The maximum Gasteiger partial charge on any atom is 0.339 e. The molecule has 10 heteroatoms. The number of rotatable bonds is 3. The van der Waals surface area contributed by atoms with Crippen molar-refractivity contribution in [1.82, 2.24) is 9.38 Å². The molecular formula is C39H45F2N3O5. The summed E-state index contributed by atoms with van der Waals surface area (Å²) in [5.41, 5.74) is 3.83. The lowest BCUT2D eigenvalue weighted by Crippen LogP contribution is -2.45. The van der Waals surface area contributed by atoms with Crippen LogP contribution in [0, 0.1) is 18.6 Å². The van der Waals surface area contributed by atoms with Crippen LogP contribution in [0.1, 0.15) is 71.1 Å². The molecule has 1 saturated heterocycles. The van der Waals surface area contributed by atoms with Crippen LogP contribution in [-0.2, 0) is 19.0 Å². The molecule has 1 fully saturated rings. The van der Waals surface area contributed by atoms with E-state index < -0.39 is 29.3 Å². The molecule has 4 aromatic rings. The number of esters is 1. The molecule has 0 spiro atoms. The second kappa shape index (κ2) is 13.6. The molecule has 0 amide bonds. The van der Waals surface area contributed by atoms with E-state index in [1.165, 1.54) is 13.2 Å². The largest absolute Gasteiger partial charge is 0.490 e. The molecule has 0 saturated carbocycles. The Morgan fingerprint density at radius 2 is 1.78 bits per heavy atom. The fourth-order valence-electron chi connectivity index (χ4n) is 6.62. The van der Waals surface area contributed by atoms with Gasteiger partial charge in [0.15, 0.2) is 17.7 Å². The average molecular weight is 674 g/mol. The van der Waals surface area contributed by atoms with Crippen molar-refractivity contribution in [2.45, 2.75) is 84.2 Å². The van der Waals surface area contributed by atoms with Crippen molar-refractivity contribution >= 4 is 17.4 Å². The van der Waals surface area contributed by atoms with E-state index in [9.17, 15) is 13.6 Å². The summed E-state index contributed by atoms with van der Waals surface area (Å²) in [6.07, 6.45) is 6.75. The Kier molecular flexibility index (Phi) is 9.57. The van der Waals surface area contributed by atoms with E-state index >= 15 is 0 Å². The van der Waals surface area contributed by atoms with Gasteiger partial charge >= 0.3 is 5.97 Å². The Balaban J connectivity index is 1.56. The highest BCUT2D eigenvalue weighted by molar-refractivity contribution is 5.81. The van der Waals surface area contributed by atoms with Crippen LogP contribution in [0.2, 0.25) is 0 Å². The number of aryl methyl sites for hydroxylation is 1. The van der Waals surface area contributed by atoms with Gasteiger partial charge in [0.1, 0.15) is 17.2 Å². The molecule has 2 atom stereocenters. The van der Waals surface area contributed by atoms with Crippen molar-refractivity contribution in [2.24, 2.45) is 0 Å². The summed E-state index contributed by atoms with van der Waals surface area (Å²) in [5, 5.41) is 0. The van der Waals surface area contributed by atoms with Gasteiger partial charge in [-0.3, -0.25) is 4.40 Å². The molecule has 2 aromatic heterocycles. The van der Waals surface area contributed by atoms with Gasteiger partial charge in [-0.25, -0.2) is 18.6 Å². The van der Waals surface area contributed by atoms with Crippen LogP contribution in [0.15, 0.2) is 60.8 Å². The normalized spacial score (nSPS) is 20.6. The first-order valence-corrected chi connectivity index (χ1v) is 16.8. The van der Waals surface area contributed by atoms with E-state index in [0.29, 0.717) is 48.6 Å². The first-order valence-electron chi connectivity index (χ1n) is 16.8. The Labute approximate surface area is 286 Å². The van der Waals surface area contributed by atoms with Crippen LogP contribution in [0.5, 0.6) is 5.75 Å². The number of hydrogen-bond donors (Lipinski definition) is 0. The molecule has 0 aliphatic carbocycles. The standard InChI is InChI=1S/C39H45F2N3O5/c1-24-19-33-42-31-23-44(33)36(34(24)35(37(45)46-7)49-38(3,4)5)43-16-14-39(6,15-17-43)47-18-9-8-11-25(2)48-32-22-30(41)29(40)21-28(32)26-12-10-13-27(31)20-26/h8-10,12-13,19-23,25,35H,11,14-18H2,1-7H3. The van der Waals surface area contributed by atoms with Gasteiger partial charge in [0.2, 0.25) is 0 Å². The number of nitrogens with zero attached hydrogens (tertiary/aromatic N) is 3. The number of ether oxygens (including phenoxy) is 4. The maximum absolute atomic E-state index is 14.7. The number of halogens is 2. The molecular weight excluding hydrogens is 628 g/mol. The summed E-state index contributed by atoms with van der Waals surface area (Å²) < 4.78 is 55.5. The monoisotopic (exact) mass is 673 g/mol. The number of aromatic nitrogens is 2. The van der Waals surface area contributed by atoms with Gasteiger partial charge in [-0.15, -0.1) is 0 Å². The molecule has 8 nitrogen and oxygen atoms in total. The van der Waals surface area contributed by atoms with Crippen LogP contribution < -0.4 is 9.64 Å². The fourth-order valence-corrected chi connectivity index (χ4v) is 6.62. The number of hydrogen-bond acceptors (Lipinski definition) is 7. The molecule has 49 heavy (non-hydrogen) atoms. The molecule has 260 valence electrons. The average Bonchev–Trinajstić information content (AvgIpc) is 3.47. The minimum atomic E-state index is -0.979. The zero-order valence-electron chi connectivity index (χ0n) is 29.3. The molecule has 0 N–H and O–H groups in total. The molecule has 2 aromatic carbocycles. The van der Waals surface area contributed by atoms with Gasteiger partial charge in [-0.1, -0.05) is 30.4 Å². The topological polar surface area (TPSA) is 74.5 Å². The van der Waals surface area contributed by atoms with Crippen LogP contribution in [0.25, 0.3) is 28.0 Å². The number of benzene rings is 2. The van der Waals surface area contributed by atoms with Gasteiger partial charge in [0.25, 0.3) is 0 Å². The summed E-state index contributed by atoms with van der Waals surface area (Å²) in [5.74, 6) is -1.35. The van der Waals surface area contributed by atoms with E-state index in [0.717, 1.165) is 41.4 Å². The van der Waals surface area contributed by atoms with Crippen molar-refractivity contribution in [3.05, 3.63) is 83.6 Å². The molecule has 2 unspecified atom stereocenters. The van der Waals surface area contributed by atoms with Crippen molar-refractivity contribution in [3.63, 3.8) is 0 Å². The highest BCUT2D eigenvalue weighted by Crippen LogP contribution is 2.41. The third kappa shape index (κ3) is 7.35. The van der Waals surface area contributed by atoms with Crippen LogP contribution >= 0.6 is 0 Å². The summed E-state index contributed by atoms with van der Waals surface area (Å²) in [6, 6.07) is 11.8. The predicted molar refractivity (Wildman–Crippen MR) is 186 cm³/mol. The van der Waals surface area contributed by atoms with Gasteiger partial charge in [-0.2, -0.15) is 0 Å². The van der Waals surface area contributed by atoms with Crippen LogP contribution in [-0.4, -0.2) is 59.5 Å². The number of anilines is 1. The molecule has 5 heterocycles. The Morgan fingerprint density at radius 3 is 2.49 bits per heavy atom. The van der Waals surface area contributed by atoms with Gasteiger partial charge in [-0.05, 0) is 83.7 Å². The molecule has 6 bridgehead atoms. The highest BCUT2D eigenvalue weighted by atomic mass is 19.2. The fraction of sp³-hybridized carbons (Fsp3) is 0.436. The quantitative estimate of drug-likeness (QED) is 0.160. The van der Waals surface area contributed by atoms with Crippen molar-refractivity contribution in [1.29, 1.82) is 0 Å². The summed E-state index contributed by atoms with van der Waals surface area (Å²) in [4.78, 5) is 20.7. The molecule has 0 radical (unpaired) electrons. The number of carbonyl (C=O) groups excluding carboxylic acids is 1. The smallest absolute Gasteiger partial charge is 0.339 e. The van der Waals surface area contributed by atoms with Crippen molar-refractivity contribution < 1.29 is 32.5 Å². The second-order valence-corrected chi connectivity index (χ2v) is 14.3. The Hall–Kier alpha value is -4.28. The molecule has 3 aliphatic heterocycles. The lowest BCUT2D eigenvalue weighted by atomic mass is 9.92. The predicted octanol–water partition coefficient (Wildman–Crippen LogP) is 8.39. The summed E-state index contributed by atoms with van der Waals surface area (Å²) in [7, 11) is 1.37. The first-order chi connectivity index (χ1) is 23.2. The highest BCUT2D eigenvalue weighted by Gasteiger charge is 2.37. The van der Waals surface area contributed by atoms with Crippen LogP contribution in [0.4, 0.5) is 14.6 Å². The molecule has 7 rings (SSSR count). The van der Waals surface area contributed by atoms with E-state index in [4.69, 9.17) is 23.9 Å². The lowest BCUT2D eigenvalue weighted by molar-refractivity contribution is -0.164. The van der Waals surface area contributed by atoms with E-state index in [1.807, 2.05) is 87.7 Å². The lowest BCUT2D eigenvalue weighted by Gasteiger charge is -2.41.